The number of hydrogen-bond acceptors (Lipinski definition) is 7. The topological polar surface area (TPSA) is 128 Å². The van der Waals surface area contributed by atoms with E-state index in [1.54, 1.807) is 25.3 Å². The van der Waals surface area contributed by atoms with Gasteiger partial charge in [-0.3, -0.25) is 9.30 Å². The minimum atomic E-state index is -3.70. The van der Waals surface area contributed by atoms with E-state index in [0.717, 1.165) is 46.4 Å². The van der Waals surface area contributed by atoms with Crippen molar-refractivity contribution in [2.75, 3.05) is 30.0 Å². The molecular weight excluding hydrogens is 550 g/mol. The molecule has 0 saturated carbocycles. The van der Waals surface area contributed by atoms with Crippen LogP contribution in [-0.4, -0.2) is 59.4 Å². The Bertz CT molecular complexity index is 1480. The number of sulfonamides is 2. The molecule has 0 atom stereocenters. The number of nitrogens with zero attached hydrogens (tertiary/aromatic N) is 2. The summed E-state index contributed by atoms with van der Waals surface area (Å²) in [6.45, 7) is 8.19. The van der Waals surface area contributed by atoms with Crippen LogP contribution >= 0.6 is 12.4 Å². The van der Waals surface area contributed by atoms with Gasteiger partial charge in [0.2, 0.25) is 20.0 Å². The number of ether oxygens (including phenoxy) is 2. The average Bonchev–Trinajstić information content (AvgIpc) is 3.08. The van der Waals surface area contributed by atoms with Crippen molar-refractivity contribution in [3.8, 4) is 11.5 Å². The second-order valence-electron chi connectivity index (χ2n) is 11.0. The van der Waals surface area contributed by atoms with Crippen molar-refractivity contribution < 1.29 is 26.3 Å². The lowest BCUT2D eigenvalue weighted by atomic mass is 9.81. The maximum absolute atomic E-state index is 12.7. The molecule has 2 heterocycles. The molecule has 210 valence electrons. The van der Waals surface area contributed by atoms with Gasteiger partial charge in [0.15, 0.2) is 11.5 Å². The number of primary sulfonamides is 1. The van der Waals surface area contributed by atoms with Crippen LogP contribution in [0.2, 0.25) is 0 Å². The molecule has 2 aliphatic rings. The summed E-state index contributed by atoms with van der Waals surface area (Å²) in [5, 5.41) is 5.12. The Hall–Kier alpha value is -2.34. The molecule has 4 rings (SSSR count). The molecule has 9 nitrogen and oxygen atoms in total. The summed E-state index contributed by atoms with van der Waals surface area (Å²) in [7, 11) is -5.74. The zero-order valence-electron chi connectivity index (χ0n) is 22.6. The molecule has 2 aromatic rings. The highest BCUT2D eigenvalue weighted by Gasteiger charge is 2.39. The smallest absolute Gasteiger partial charge is 0.232 e. The summed E-state index contributed by atoms with van der Waals surface area (Å²) in [6.07, 6.45) is 2.58. The first-order valence-electron chi connectivity index (χ1n) is 12.1. The van der Waals surface area contributed by atoms with E-state index < -0.39 is 31.2 Å². The number of rotatable bonds is 8. The lowest BCUT2D eigenvalue weighted by molar-refractivity contribution is 0.134. The van der Waals surface area contributed by atoms with Gasteiger partial charge >= 0.3 is 0 Å². The van der Waals surface area contributed by atoms with Gasteiger partial charge in [0, 0.05) is 29.7 Å². The second-order valence-corrected chi connectivity index (χ2v) is 14.7. The minimum Gasteiger partial charge on any atom is -0.493 e. The molecule has 0 aromatic heterocycles. The minimum absolute atomic E-state index is 0. The molecule has 0 saturated heterocycles. The van der Waals surface area contributed by atoms with Crippen molar-refractivity contribution in [3.05, 3.63) is 52.6 Å². The van der Waals surface area contributed by atoms with Gasteiger partial charge < -0.3 is 9.47 Å². The van der Waals surface area contributed by atoms with Crippen LogP contribution in [0.5, 0.6) is 11.5 Å². The van der Waals surface area contributed by atoms with Crippen molar-refractivity contribution >= 4 is 43.9 Å². The average molecular weight is 586 g/mol. The van der Waals surface area contributed by atoms with Gasteiger partial charge in [-0.05, 0) is 64.3 Å². The highest BCUT2D eigenvalue weighted by Crippen LogP contribution is 2.48. The van der Waals surface area contributed by atoms with Crippen LogP contribution in [0.4, 0.5) is 5.69 Å². The molecule has 2 N–H and O–H groups in total. The molecular formula is C26H36ClN3O6S2. The molecule has 0 radical (unpaired) electrons. The summed E-state index contributed by atoms with van der Waals surface area (Å²) in [5.74, 6) is 1.11. The van der Waals surface area contributed by atoms with Gasteiger partial charge in [-0.25, -0.2) is 22.0 Å². The standard InChI is InChI=1S/C26H35N3O6S2.ClH/c1-25(2)15-18-14-21(34-5)24-20(16-26(3,4)35-24)22(18)23(28-25)17-9-7-10-19(13-17)29(36(6,30)31)11-8-12-37(27,32)33;/h7,9-10,13-14H,8,11-12,15-16H2,1-6H3,(H2,27,32,33);1H. The van der Waals surface area contributed by atoms with E-state index in [-0.39, 0.29) is 31.1 Å². The number of fused-ring (bicyclic) bond motifs is 3. The maximum Gasteiger partial charge on any atom is 0.232 e. The molecule has 12 heteroatoms. The summed E-state index contributed by atoms with van der Waals surface area (Å²) >= 11 is 0. The van der Waals surface area contributed by atoms with Crippen LogP contribution in [0.1, 0.15) is 56.4 Å². The van der Waals surface area contributed by atoms with Crippen molar-refractivity contribution in [3.63, 3.8) is 0 Å². The summed E-state index contributed by atoms with van der Waals surface area (Å²) in [4.78, 5) is 5.12. The largest absolute Gasteiger partial charge is 0.493 e. The molecule has 2 aliphatic heterocycles. The number of hydrogen-bond donors (Lipinski definition) is 1. The fourth-order valence-electron chi connectivity index (χ4n) is 5.13. The van der Waals surface area contributed by atoms with Gasteiger partial charge in [0.05, 0.1) is 36.1 Å². The van der Waals surface area contributed by atoms with Crippen LogP contribution in [0.25, 0.3) is 0 Å². The number of nitrogens with two attached hydrogens (primary N) is 1. The molecule has 0 unspecified atom stereocenters. The van der Waals surface area contributed by atoms with Crippen LogP contribution in [0.3, 0.4) is 0 Å². The monoisotopic (exact) mass is 585 g/mol. The van der Waals surface area contributed by atoms with Gasteiger partial charge in [0.1, 0.15) is 5.60 Å². The number of aliphatic imine (C=N–C) groups is 1. The predicted molar refractivity (Wildman–Crippen MR) is 153 cm³/mol. The fourth-order valence-corrected chi connectivity index (χ4v) is 6.62. The molecule has 2 aromatic carbocycles. The summed E-state index contributed by atoms with van der Waals surface area (Å²) < 4.78 is 61.3. The molecule has 38 heavy (non-hydrogen) atoms. The SMILES string of the molecule is COc1cc2c(c3c1OC(C)(C)C3)C(c1cccc(N(CCCS(N)(=O)=O)S(C)(=O)=O)c1)=NC(C)(C)C2.Cl. The van der Waals surface area contributed by atoms with Crippen LogP contribution in [0.15, 0.2) is 35.3 Å². The van der Waals surface area contributed by atoms with Crippen molar-refractivity contribution in [2.24, 2.45) is 10.1 Å². The van der Waals surface area contributed by atoms with Crippen LogP contribution < -0.4 is 18.9 Å². The molecule has 0 amide bonds. The van der Waals surface area contributed by atoms with E-state index in [1.807, 2.05) is 26.0 Å². The highest BCUT2D eigenvalue weighted by atomic mass is 35.5. The zero-order valence-corrected chi connectivity index (χ0v) is 25.0. The Morgan fingerprint density at radius 2 is 1.79 bits per heavy atom. The highest BCUT2D eigenvalue weighted by molar-refractivity contribution is 7.92. The molecule has 0 aliphatic carbocycles. The van der Waals surface area contributed by atoms with Gasteiger partial charge in [-0.2, -0.15) is 0 Å². The predicted octanol–water partition coefficient (Wildman–Crippen LogP) is 3.45. The Labute approximate surface area is 231 Å². The summed E-state index contributed by atoms with van der Waals surface area (Å²) in [5.41, 5.74) is 4.31. The third-order valence-electron chi connectivity index (χ3n) is 6.50. The third-order valence-corrected chi connectivity index (χ3v) is 8.55. The van der Waals surface area contributed by atoms with E-state index in [1.165, 1.54) is 4.31 Å². The number of halogens is 1. The van der Waals surface area contributed by atoms with E-state index in [9.17, 15) is 16.8 Å². The number of anilines is 1. The fraction of sp³-hybridized carbons (Fsp3) is 0.500. The lowest BCUT2D eigenvalue weighted by Crippen LogP contribution is -2.33. The van der Waals surface area contributed by atoms with E-state index in [4.69, 9.17) is 19.6 Å². The Morgan fingerprint density at radius 3 is 2.39 bits per heavy atom. The molecule has 0 fully saturated rings. The zero-order chi connectivity index (χ0) is 27.4. The Morgan fingerprint density at radius 1 is 1.11 bits per heavy atom. The first kappa shape index (κ1) is 30.2. The third kappa shape index (κ3) is 6.44. The van der Waals surface area contributed by atoms with Crippen LogP contribution in [-0.2, 0) is 32.9 Å². The molecule has 0 spiro atoms. The normalized spacial score (nSPS) is 17.4. The Kier molecular flexibility index (Phi) is 8.21. The first-order valence-corrected chi connectivity index (χ1v) is 15.7. The van der Waals surface area contributed by atoms with Crippen molar-refractivity contribution in [1.29, 1.82) is 0 Å². The lowest BCUT2D eigenvalue weighted by Gasteiger charge is -2.31. The quantitative estimate of drug-likeness (QED) is 0.505. The first-order chi connectivity index (χ1) is 17.0. The number of methoxy groups -OCH3 is 1. The Balaban J connectivity index is 0.00000400. The van der Waals surface area contributed by atoms with Gasteiger partial charge in [0.25, 0.3) is 0 Å². The van der Waals surface area contributed by atoms with E-state index in [2.05, 4.69) is 13.8 Å². The summed E-state index contributed by atoms with van der Waals surface area (Å²) in [6, 6.07) is 9.21. The van der Waals surface area contributed by atoms with Gasteiger partial charge in [-0.15, -0.1) is 12.4 Å². The maximum atomic E-state index is 12.7. The van der Waals surface area contributed by atoms with E-state index in [0.29, 0.717) is 17.9 Å². The van der Waals surface area contributed by atoms with E-state index >= 15 is 0 Å². The molecule has 0 bridgehead atoms. The van der Waals surface area contributed by atoms with Crippen molar-refractivity contribution in [2.45, 2.75) is 58.1 Å². The number of benzene rings is 2. The van der Waals surface area contributed by atoms with Gasteiger partial charge in [-0.1, -0.05) is 12.1 Å². The van der Waals surface area contributed by atoms with Crippen LogP contribution in [0, 0.1) is 0 Å². The second kappa shape index (κ2) is 10.3. The van der Waals surface area contributed by atoms with Crippen molar-refractivity contribution in [1.82, 2.24) is 0 Å².